The van der Waals surface area contributed by atoms with Crippen molar-refractivity contribution < 1.29 is 9.66 Å². The molecule has 1 fully saturated rings. The molecular formula is C12H12N4O4. The fourth-order valence-electron chi connectivity index (χ4n) is 2.27. The number of rotatable bonds is 2. The number of aromatic amines is 1. The molecule has 1 aromatic carbocycles. The van der Waals surface area contributed by atoms with Crippen molar-refractivity contribution in [3.63, 3.8) is 0 Å². The van der Waals surface area contributed by atoms with Crippen LogP contribution < -0.4 is 10.5 Å². The topological polar surface area (TPSA) is 101 Å². The van der Waals surface area contributed by atoms with E-state index in [0.29, 0.717) is 43.0 Å². The first-order valence-corrected chi connectivity index (χ1v) is 6.15. The van der Waals surface area contributed by atoms with Crippen LogP contribution in [0.25, 0.3) is 11.0 Å². The predicted molar refractivity (Wildman–Crippen MR) is 72.1 cm³/mol. The van der Waals surface area contributed by atoms with Crippen molar-refractivity contribution in [3.05, 3.63) is 38.8 Å². The van der Waals surface area contributed by atoms with E-state index < -0.39 is 4.92 Å². The number of hydrogen-bond acceptors (Lipinski definition) is 6. The highest BCUT2D eigenvalue weighted by molar-refractivity contribution is 5.84. The van der Waals surface area contributed by atoms with Crippen LogP contribution in [0.5, 0.6) is 0 Å². The molecule has 0 atom stereocenters. The van der Waals surface area contributed by atoms with Crippen molar-refractivity contribution in [2.45, 2.75) is 0 Å². The van der Waals surface area contributed by atoms with E-state index in [1.54, 1.807) is 6.07 Å². The molecule has 1 aliphatic rings. The van der Waals surface area contributed by atoms with Gasteiger partial charge in [-0.25, -0.2) is 4.98 Å². The Labute approximate surface area is 113 Å². The zero-order chi connectivity index (χ0) is 14.1. The number of benzene rings is 1. The van der Waals surface area contributed by atoms with Crippen LogP contribution >= 0.6 is 0 Å². The molecule has 3 rings (SSSR count). The third-order valence-corrected chi connectivity index (χ3v) is 3.22. The molecule has 1 aromatic heterocycles. The van der Waals surface area contributed by atoms with Gasteiger partial charge in [0.25, 0.3) is 11.2 Å². The SMILES string of the molecule is O=c1cnc2cc(N3CCOCC3)c([N+](=O)[O-])cc2[nH]1. The normalized spacial score (nSPS) is 15.5. The van der Waals surface area contributed by atoms with E-state index in [1.165, 1.54) is 6.07 Å². The van der Waals surface area contributed by atoms with E-state index in [4.69, 9.17) is 4.74 Å². The van der Waals surface area contributed by atoms with Gasteiger partial charge in [0, 0.05) is 19.2 Å². The summed E-state index contributed by atoms with van der Waals surface area (Å²) in [5, 5.41) is 11.2. The number of nitro benzene ring substituents is 1. The van der Waals surface area contributed by atoms with Gasteiger partial charge in [0.1, 0.15) is 5.69 Å². The zero-order valence-corrected chi connectivity index (χ0v) is 10.5. The molecule has 0 bridgehead atoms. The number of fused-ring (bicyclic) bond motifs is 1. The van der Waals surface area contributed by atoms with Crippen molar-refractivity contribution in [1.82, 2.24) is 9.97 Å². The van der Waals surface area contributed by atoms with E-state index in [0.717, 1.165) is 6.20 Å². The smallest absolute Gasteiger partial charge is 0.294 e. The maximum Gasteiger partial charge on any atom is 0.294 e. The summed E-state index contributed by atoms with van der Waals surface area (Å²) >= 11 is 0. The number of nitrogens with zero attached hydrogens (tertiary/aromatic N) is 3. The van der Waals surface area contributed by atoms with Gasteiger partial charge >= 0.3 is 0 Å². The first kappa shape index (κ1) is 12.5. The van der Waals surface area contributed by atoms with E-state index >= 15 is 0 Å². The summed E-state index contributed by atoms with van der Waals surface area (Å²) in [7, 11) is 0. The monoisotopic (exact) mass is 276 g/mol. The molecule has 1 aliphatic heterocycles. The fraction of sp³-hybridized carbons (Fsp3) is 0.333. The summed E-state index contributed by atoms with van der Waals surface area (Å²) in [5.74, 6) is 0. The molecule has 8 heteroatoms. The minimum absolute atomic E-state index is 0.0388. The third kappa shape index (κ3) is 2.21. The van der Waals surface area contributed by atoms with Gasteiger partial charge in [-0.05, 0) is 6.07 Å². The van der Waals surface area contributed by atoms with Gasteiger partial charge in [0.15, 0.2) is 0 Å². The number of nitro groups is 1. The molecule has 8 nitrogen and oxygen atoms in total. The fourth-order valence-corrected chi connectivity index (χ4v) is 2.27. The Morgan fingerprint density at radius 1 is 1.35 bits per heavy atom. The van der Waals surface area contributed by atoms with Crippen LogP contribution in [0.3, 0.4) is 0 Å². The molecule has 0 unspecified atom stereocenters. The molecule has 0 radical (unpaired) electrons. The Balaban J connectivity index is 2.17. The average Bonchev–Trinajstić information content (AvgIpc) is 2.46. The highest BCUT2D eigenvalue weighted by atomic mass is 16.6. The number of ether oxygens (including phenoxy) is 1. The Bertz CT molecular complexity index is 721. The highest BCUT2D eigenvalue weighted by Crippen LogP contribution is 2.31. The summed E-state index contributed by atoms with van der Waals surface area (Å²) in [5.41, 5.74) is 0.970. The van der Waals surface area contributed by atoms with Gasteiger partial charge in [-0.2, -0.15) is 0 Å². The van der Waals surface area contributed by atoms with Gasteiger partial charge in [-0.3, -0.25) is 14.9 Å². The van der Waals surface area contributed by atoms with E-state index in [1.807, 2.05) is 4.90 Å². The number of morpholine rings is 1. The molecule has 20 heavy (non-hydrogen) atoms. The molecule has 0 saturated carbocycles. The van der Waals surface area contributed by atoms with Gasteiger partial charge in [-0.15, -0.1) is 0 Å². The van der Waals surface area contributed by atoms with Crippen molar-refractivity contribution in [3.8, 4) is 0 Å². The van der Waals surface area contributed by atoms with Crippen LogP contribution in [-0.2, 0) is 4.74 Å². The largest absolute Gasteiger partial charge is 0.378 e. The van der Waals surface area contributed by atoms with Crippen LogP contribution in [0.15, 0.2) is 23.1 Å². The quantitative estimate of drug-likeness (QED) is 0.639. The van der Waals surface area contributed by atoms with Crippen LogP contribution in [0.1, 0.15) is 0 Å². The van der Waals surface area contributed by atoms with E-state index in [-0.39, 0.29) is 11.2 Å². The van der Waals surface area contributed by atoms with Crippen molar-refractivity contribution in [2.24, 2.45) is 0 Å². The van der Waals surface area contributed by atoms with Gasteiger partial charge in [-0.1, -0.05) is 0 Å². The molecule has 2 heterocycles. The summed E-state index contributed by atoms with van der Waals surface area (Å²) in [4.78, 5) is 30.5. The van der Waals surface area contributed by atoms with Gasteiger partial charge < -0.3 is 14.6 Å². The molecular weight excluding hydrogens is 264 g/mol. The lowest BCUT2D eigenvalue weighted by Gasteiger charge is -2.28. The molecule has 1 N–H and O–H groups in total. The number of hydrogen-bond donors (Lipinski definition) is 1. The number of aromatic nitrogens is 2. The molecule has 0 amide bonds. The van der Waals surface area contributed by atoms with Crippen molar-refractivity contribution in [2.75, 3.05) is 31.2 Å². The minimum Gasteiger partial charge on any atom is -0.378 e. The predicted octanol–water partition coefficient (Wildman–Crippen LogP) is 0.668. The second-order valence-electron chi connectivity index (χ2n) is 4.46. The molecule has 0 spiro atoms. The lowest BCUT2D eigenvalue weighted by Crippen LogP contribution is -2.36. The first-order valence-electron chi connectivity index (χ1n) is 6.15. The van der Waals surface area contributed by atoms with Crippen molar-refractivity contribution >= 4 is 22.4 Å². The lowest BCUT2D eigenvalue weighted by molar-refractivity contribution is -0.384. The molecule has 104 valence electrons. The third-order valence-electron chi connectivity index (χ3n) is 3.22. The van der Waals surface area contributed by atoms with Crippen LogP contribution in [0.2, 0.25) is 0 Å². The average molecular weight is 276 g/mol. The number of nitrogens with one attached hydrogen (secondary N) is 1. The number of anilines is 1. The van der Waals surface area contributed by atoms with Crippen LogP contribution in [-0.4, -0.2) is 41.2 Å². The lowest BCUT2D eigenvalue weighted by atomic mass is 10.2. The van der Waals surface area contributed by atoms with Gasteiger partial charge in [0.2, 0.25) is 0 Å². The standard InChI is InChI=1S/C12H12N4O4/c17-12-7-13-8-5-10(15-1-3-20-4-2-15)11(16(18)19)6-9(8)14-12/h5-7H,1-4H2,(H,14,17). The number of H-pyrrole nitrogens is 1. The second-order valence-corrected chi connectivity index (χ2v) is 4.46. The Morgan fingerprint density at radius 2 is 2.10 bits per heavy atom. The molecule has 1 saturated heterocycles. The maximum absolute atomic E-state index is 11.2. The van der Waals surface area contributed by atoms with Crippen LogP contribution in [0.4, 0.5) is 11.4 Å². The summed E-state index contributed by atoms with van der Waals surface area (Å²) in [6, 6.07) is 2.99. The maximum atomic E-state index is 11.2. The van der Waals surface area contributed by atoms with Gasteiger partial charge in [0.05, 0.1) is 35.4 Å². The minimum atomic E-state index is -0.449. The Morgan fingerprint density at radius 3 is 2.80 bits per heavy atom. The van der Waals surface area contributed by atoms with Crippen molar-refractivity contribution in [1.29, 1.82) is 0 Å². The second kappa shape index (κ2) is 4.89. The first-order chi connectivity index (χ1) is 9.65. The molecule has 0 aliphatic carbocycles. The van der Waals surface area contributed by atoms with E-state index in [9.17, 15) is 14.9 Å². The Kier molecular flexibility index (Phi) is 3.07. The highest BCUT2D eigenvalue weighted by Gasteiger charge is 2.22. The summed E-state index contributed by atoms with van der Waals surface area (Å²) < 4.78 is 5.25. The van der Waals surface area contributed by atoms with E-state index in [2.05, 4.69) is 9.97 Å². The summed E-state index contributed by atoms with van der Waals surface area (Å²) in [6.45, 7) is 2.26. The molecule has 2 aromatic rings. The zero-order valence-electron chi connectivity index (χ0n) is 10.5. The summed E-state index contributed by atoms with van der Waals surface area (Å²) in [6.07, 6.45) is 1.16. The Hall–Kier alpha value is -2.48. The van der Waals surface area contributed by atoms with Crippen LogP contribution in [0, 0.1) is 10.1 Å².